The molecule has 1 N–H and O–H groups in total. The summed E-state index contributed by atoms with van der Waals surface area (Å²) >= 11 is 5.89. The average molecular weight is 281 g/mol. The van der Waals surface area contributed by atoms with E-state index in [1.807, 2.05) is 26.0 Å². The molecule has 2 aromatic rings. The van der Waals surface area contributed by atoms with Gasteiger partial charge in [0.15, 0.2) is 5.65 Å². The number of aromatic nitrogens is 3. The largest absolute Gasteiger partial charge is 0.355 e. The maximum absolute atomic E-state index is 11.8. The number of nitrogens with one attached hydrogen (secondary N) is 1. The Kier molecular flexibility index (Phi) is 4.37. The Morgan fingerprint density at radius 1 is 1.42 bits per heavy atom. The molecular formula is C13H17ClN4O. The third kappa shape index (κ3) is 3.04. The quantitative estimate of drug-likeness (QED) is 0.852. The van der Waals surface area contributed by atoms with Gasteiger partial charge in [0, 0.05) is 12.2 Å². The molecule has 0 bridgehead atoms. The second kappa shape index (κ2) is 6.02. The van der Waals surface area contributed by atoms with Crippen LogP contribution in [0.5, 0.6) is 0 Å². The average Bonchev–Trinajstić information content (AvgIpc) is 2.74. The van der Waals surface area contributed by atoms with E-state index in [-0.39, 0.29) is 18.3 Å². The number of imidazole rings is 1. The zero-order valence-electron chi connectivity index (χ0n) is 11.1. The molecule has 0 saturated heterocycles. The topological polar surface area (TPSA) is 59.8 Å². The number of halogens is 1. The van der Waals surface area contributed by atoms with E-state index in [0.29, 0.717) is 18.0 Å². The molecular weight excluding hydrogens is 264 g/mol. The van der Waals surface area contributed by atoms with Gasteiger partial charge >= 0.3 is 0 Å². The van der Waals surface area contributed by atoms with E-state index in [2.05, 4.69) is 15.3 Å². The lowest BCUT2D eigenvalue weighted by Gasteiger charge is -2.07. The molecule has 1 amide bonds. The van der Waals surface area contributed by atoms with E-state index in [4.69, 9.17) is 11.6 Å². The summed E-state index contributed by atoms with van der Waals surface area (Å²) in [6.07, 6.45) is 0.913. The summed E-state index contributed by atoms with van der Waals surface area (Å²) in [7, 11) is 0. The molecule has 0 spiro atoms. The second-order valence-corrected chi connectivity index (χ2v) is 4.66. The van der Waals surface area contributed by atoms with Gasteiger partial charge in [0.1, 0.15) is 17.9 Å². The first-order valence-corrected chi connectivity index (χ1v) is 6.84. The number of nitrogens with zero attached hydrogens (tertiary/aromatic N) is 3. The summed E-state index contributed by atoms with van der Waals surface area (Å²) in [5.74, 6) is 0.883. The van der Waals surface area contributed by atoms with Crippen LogP contribution in [0.1, 0.15) is 24.9 Å². The Balaban J connectivity index is 2.34. The maximum atomic E-state index is 11.8. The molecule has 0 fully saturated rings. The van der Waals surface area contributed by atoms with Crippen molar-refractivity contribution in [2.24, 2.45) is 0 Å². The summed E-state index contributed by atoms with van der Waals surface area (Å²) in [5, 5.41) is 2.84. The number of pyridine rings is 1. The molecule has 0 atom stereocenters. The van der Waals surface area contributed by atoms with Gasteiger partial charge in [0.2, 0.25) is 5.91 Å². The number of carbonyl (C=O) groups is 1. The monoisotopic (exact) mass is 280 g/mol. The molecule has 102 valence electrons. The van der Waals surface area contributed by atoms with Crippen molar-refractivity contribution < 1.29 is 4.79 Å². The molecule has 19 heavy (non-hydrogen) atoms. The first-order chi connectivity index (χ1) is 9.15. The van der Waals surface area contributed by atoms with Crippen LogP contribution < -0.4 is 5.32 Å². The molecule has 0 aliphatic carbocycles. The standard InChI is InChI=1S/C13H17ClN4O/c1-3-6-15-12(19)8-18-11(7-14)17-10-5-4-9(2)16-13(10)18/h4-5H,3,6-8H2,1-2H3,(H,15,19). The van der Waals surface area contributed by atoms with Gasteiger partial charge in [-0.05, 0) is 25.5 Å². The maximum Gasteiger partial charge on any atom is 0.240 e. The summed E-state index contributed by atoms with van der Waals surface area (Å²) in [4.78, 5) is 20.7. The van der Waals surface area contributed by atoms with Crippen LogP contribution in [0, 0.1) is 6.92 Å². The van der Waals surface area contributed by atoms with Gasteiger partial charge < -0.3 is 9.88 Å². The van der Waals surface area contributed by atoms with E-state index in [1.165, 1.54) is 0 Å². The SMILES string of the molecule is CCCNC(=O)Cn1c(CCl)nc2ccc(C)nc21. The van der Waals surface area contributed by atoms with Crippen LogP contribution >= 0.6 is 11.6 Å². The van der Waals surface area contributed by atoms with Gasteiger partial charge in [-0.25, -0.2) is 9.97 Å². The first kappa shape index (κ1) is 13.8. The number of fused-ring (bicyclic) bond motifs is 1. The highest BCUT2D eigenvalue weighted by Gasteiger charge is 2.14. The highest BCUT2D eigenvalue weighted by Crippen LogP contribution is 2.16. The summed E-state index contributed by atoms with van der Waals surface area (Å²) in [5.41, 5.74) is 2.37. The van der Waals surface area contributed by atoms with Crippen LogP contribution in [-0.2, 0) is 17.2 Å². The van der Waals surface area contributed by atoms with Crippen molar-refractivity contribution in [3.63, 3.8) is 0 Å². The van der Waals surface area contributed by atoms with Gasteiger partial charge in [-0.1, -0.05) is 6.92 Å². The van der Waals surface area contributed by atoms with Crippen molar-refractivity contribution in [3.8, 4) is 0 Å². The lowest BCUT2D eigenvalue weighted by atomic mass is 10.3. The van der Waals surface area contributed by atoms with Gasteiger partial charge in [0.05, 0.1) is 5.88 Å². The molecule has 0 aliphatic heterocycles. The molecule has 0 saturated carbocycles. The van der Waals surface area contributed by atoms with Crippen molar-refractivity contribution in [2.75, 3.05) is 6.54 Å². The molecule has 6 heteroatoms. The van der Waals surface area contributed by atoms with Crippen molar-refractivity contribution >= 4 is 28.7 Å². The number of carbonyl (C=O) groups excluding carboxylic acids is 1. The first-order valence-electron chi connectivity index (χ1n) is 6.31. The lowest BCUT2D eigenvalue weighted by Crippen LogP contribution is -2.28. The smallest absolute Gasteiger partial charge is 0.240 e. The van der Waals surface area contributed by atoms with Crippen molar-refractivity contribution in [3.05, 3.63) is 23.7 Å². The zero-order valence-corrected chi connectivity index (χ0v) is 11.9. The Morgan fingerprint density at radius 2 is 2.21 bits per heavy atom. The van der Waals surface area contributed by atoms with Gasteiger partial charge in [-0.3, -0.25) is 4.79 Å². The fourth-order valence-corrected chi connectivity index (χ4v) is 2.08. The minimum absolute atomic E-state index is 0.0455. The van der Waals surface area contributed by atoms with E-state index in [9.17, 15) is 4.79 Å². The van der Waals surface area contributed by atoms with Crippen LogP contribution in [-0.4, -0.2) is 27.0 Å². The summed E-state index contributed by atoms with van der Waals surface area (Å²) < 4.78 is 1.78. The van der Waals surface area contributed by atoms with E-state index in [1.54, 1.807) is 4.57 Å². The third-order valence-corrected chi connectivity index (χ3v) is 3.04. The Hall–Kier alpha value is -1.62. The predicted molar refractivity (Wildman–Crippen MR) is 75.1 cm³/mol. The van der Waals surface area contributed by atoms with Gasteiger partial charge in [-0.15, -0.1) is 11.6 Å². The number of rotatable bonds is 5. The van der Waals surface area contributed by atoms with E-state index >= 15 is 0 Å². The van der Waals surface area contributed by atoms with Crippen molar-refractivity contribution in [2.45, 2.75) is 32.7 Å². The Morgan fingerprint density at radius 3 is 2.89 bits per heavy atom. The van der Waals surface area contributed by atoms with Gasteiger partial charge in [0.25, 0.3) is 0 Å². The molecule has 0 unspecified atom stereocenters. The van der Waals surface area contributed by atoms with Crippen LogP contribution in [0.25, 0.3) is 11.2 Å². The fourth-order valence-electron chi connectivity index (χ4n) is 1.88. The van der Waals surface area contributed by atoms with E-state index in [0.717, 1.165) is 17.6 Å². The lowest BCUT2D eigenvalue weighted by molar-refractivity contribution is -0.121. The number of hydrogen-bond acceptors (Lipinski definition) is 3. The number of aryl methyl sites for hydroxylation is 1. The summed E-state index contributed by atoms with van der Waals surface area (Å²) in [6, 6.07) is 3.79. The second-order valence-electron chi connectivity index (χ2n) is 4.39. The number of alkyl halides is 1. The molecule has 0 aliphatic rings. The highest BCUT2D eigenvalue weighted by atomic mass is 35.5. The van der Waals surface area contributed by atoms with E-state index < -0.39 is 0 Å². The van der Waals surface area contributed by atoms with Crippen LogP contribution in [0.2, 0.25) is 0 Å². The highest BCUT2D eigenvalue weighted by molar-refractivity contribution is 6.16. The molecule has 2 rings (SSSR count). The number of amides is 1. The normalized spacial score (nSPS) is 10.9. The minimum atomic E-state index is -0.0455. The fraction of sp³-hybridized carbons (Fsp3) is 0.462. The van der Waals surface area contributed by atoms with Crippen molar-refractivity contribution in [1.82, 2.24) is 19.9 Å². The molecule has 0 radical (unpaired) electrons. The Labute approximate surface area is 117 Å². The number of hydrogen-bond donors (Lipinski definition) is 1. The molecule has 0 aromatic carbocycles. The van der Waals surface area contributed by atoms with Crippen LogP contribution in [0.4, 0.5) is 0 Å². The predicted octanol–water partition coefficient (Wildman–Crippen LogP) is 2.00. The minimum Gasteiger partial charge on any atom is -0.355 e. The van der Waals surface area contributed by atoms with Gasteiger partial charge in [-0.2, -0.15) is 0 Å². The molecule has 5 nitrogen and oxygen atoms in total. The Bertz CT molecular complexity index is 594. The molecule has 2 heterocycles. The zero-order chi connectivity index (χ0) is 13.8. The molecule has 2 aromatic heterocycles. The van der Waals surface area contributed by atoms with Crippen LogP contribution in [0.15, 0.2) is 12.1 Å². The summed E-state index contributed by atoms with van der Waals surface area (Å²) in [6.45, 7) is 4.80. The van der Waals surface area contributed by atoms with Crippen molar-refractivity contribution in [1.29, 1.82) is 0 Å². The van der Waals surface area contributed by atoms with Crippen LogP contribution in [0.3, 0.4) is 0 Å². The third-order valence-electron chi connectivity index (χ3n) is 2.80.